The first-order chi connectivity index (χ1) is 22.6. The van der Waals surface area contributed by atoms with Crippen molar-refractivity contribution in [1.82, 2.24) is 9.91 Å². The van der Waals surface area contributed by atoms with Crippen LogP contribution in [0.4, 0.5) is 10.5 Å². The summed E-state index contributed by atoms with van der Waals surface area (Å²) in [5, 5.41) is 12.0. The van der Waals surface area contributed by atoms with Crippen LogP contribution in [0.25, 0.3) is 0 Å². The Labute approximate surface area is 270 Å². The van der Waals surface area contributed by atoms with Crippen LogP contribution in [0.15, 0.2) is 84.4 Å². The number of phenolic OH excluding ortho intramolecular Hbond substituents is 1. The van der Waals surface area contributed by atoms with E-state index in [4.69, 9.17) is 9.47 Å². The number of aryl methyl sites for hydroxylation is 1. The predicted molar refractivity (Wildman–Crippen MR) is 168 cm³/mol. The molecule has 6 atom stereocenters. The van der Waals surface area contributed by atoms with Crippen molar-refractivity contribution in [2.45, 2.75) is 31.1 Å². The maximum atomic E-state index is 15.1. The van der Waals surface area contributed by atoms with Crippen LogP contribution in [0, 0.1) is 30.6 Å². The SMILES string of the molecule is COC(=O)N1C(=O)[C@H]2[C@H](CC=C3[C@H]2C[C@H]2C(=O)N(Nc4ccc(C)cc4)C(=O)[C@@]2(c2ccccc2)[C@H]3c2ccc(OC)c(O)c2)C1=O. The van der Waals surface area contributed by atoms with E-state index in [1.165, 1.54) is 13.2 Å². The number of hydrazine groups is 1. The molecule has 0 unspecified atom stereocenters. The van der Waals surface area contributed by atoms with Crippen molar-refractivity contribution in [2.24, 2.45) is 23.7 Å². The van der Waals surface area contributed by atoms with Gasteiger partial charge in [0.05, 0.1) is 43.1 Å². The molecule has 1 saturated carbocycles. The van der Waals surface area contributed by atoms with Crippen LogP contribution in [-0.4, -0.2) is 59.0 Å². The number of allylic oxidation sites excluding steroid dienone is 2. The van der Waals surface area contributed by atoms with Crippen LogP contribution in [0.2, 0.25) is 0 Å². The van der Waals surface area contributed by atoms with E-state index in [1.54, 1.807) is 24.3 Å². The number of fused-ring (bicyclic) bond motifs is 4. The van der Waals surface area contributed by atoms with Gasteiger partial charge in [0.1, 0.15) is 0 Å². The predicted octanol–water partition coefficient (Wildman–Crippen LogP) is 4.46. The minimum atomic E-state index is -1.49. The Kier molecular flexibility index (Phi) is 7.14. The highest BCUT2D eigenvalue weighted by Gasteiger charge is 2.70. The van der Waals surface area contributed by atoms with Crippen LogP contribution in [0.1, 0.15) is 35.4 Å². The van der Waals surface area contributed by atoms with E-state index in [1.807, 2.05) is 55.5 Å². The first-order valence-electron chi connectivity index (χ1n) is 15.4. The number of likely N-dealkylation sites (tertiary alicyclic amines) is 1. The summed E-state index contributed by atoms with van der Waals surface area (Å²) < 4.78 is 10.1. The normalized spacial score (nSPS) is 28.0. The summed E-state index contributed by atoms with van der Waals surface area (Å²) in [6.07, 6.45) is 1.04. The summed E-state index contributed by atoms with van der Waals surface area (Å²) in [7, 11) is 2.54. The fourth-order valence-electron chi connectivity index (χ4n) is 8.28. The molecule has 3 aromatic rings. The van der Waals surface area contributed by atoms with E-state index in [-0.39, 0.29) is 24.3 Å². The Morgan fingerprint density at radius 1 is 0.915 bits per heavy atom. The number of aromatic hydroxyl groups is 1. The molecule has 2 heterocycles. The number of rotatable bonds is 5. The maximum absolute atomic E-state index is 15.1. The number of ether oxygens (including phenoxy) is 2. The van der Waals surface area contributed by atoms with Gasteiger partial charge in [-0.05, 0) is 61.1 Å². The molecule has 5 amide bonds. The van der Waals surface area contributed by atoms with Crippen molar-refractivity contribution >= 4 is 35.4 Å². The second-order valence-corrected chi connectivity index (χ2v) is 12.5. The van der Waals surface area contributed by atoms with Crippen molar-refractivity contribution in [3.63, 3.8) is 0 Å². The second-order valence-electron chi connectivity index (χ2n) is 12.5. The zero-order chi connectivity index (χ0) is 33.2. The summed E-state index contributed by atoms with van der Waals surface area (Å²) in [4.78, 5) is 70.0. The van der Waals surface area contributed by atoms with E-state index >= 15 is 4.79 Å². The van der Waals surface area contributed by atoms with Gasteiger partial charge in [-0.2, -0.15) is 9.91 Å². The molecule has 0 radical (unpaired) electrons. The molecule has 0 bridgehead atoms. The summed E-state index contributed by atoms with van der Waals surface area (Å²) >= 11 is 0. The molecule has 47 heavy (non-hydrogen) atoms. The zero-order valence-corrected chi connectivity index (χ0v) is 26.0. The Morgan fingerprint density at radius 3 is 2.30 bits per heavy atom. The van der Waals surface area contributed by atoms with Crippen molar-refractivity contribution in [3.05, 3.63) is 101 Å². The minimum absolute atomic E-state index is 0.0746. The summed E-state index contributed by atoms with van der Waals surface area (Å²) in [6, 6.07) is 21.2. The van der Waals surface area contributed by atoms with E-state index in [2.05, 4.69) is 5.43 Å². The molecule has 240 valence electrons. The van der Waals surface area contributed by atoms with Gasteiger partial charge in [-0.3, -0.25) is 24.6 Å². The standard InChI is InChI=1S/C36H33N3O8/c1-19-9-12-22(13-10-19)37-39-32(42)26-18-25-23(14-15-24-29(25)33(43)38(31(24)41)35(45)47-3)30(20-11-16-28(46-2)27(40)17-20)36(26,34(39)44)21-7-5-4-6-8-21/h4-14,16-17,24-26,29-30,37,40H,15,18H2,1-3H3/t24-,25+,26-,29-,30-,36+/m0/s1. The fourth-order valence-corrected chi connectivity index (χ4v) is 8.28. The molecular formula is C36H33N3O8. The number of imide groups is 4. The number of phenols is 1. The lowest BCUT2D eigenvalue weighted by Gasteiger charge is -2.50. The van der Waals surface area contributed by atoms with Crippen LogP contribution in [0.5, 0.6) is 11.5 Å². The van der Waals surface area contributed by atoms with E-state index in [0.717, 1.165) is 17.7 Å². The van der Waals surface area contributed by atoms with Crippen LogP contribution in [0.3, 0.4) is 0 Å². The Morgan fingerprint density at radius 2 is 1.64 bits per heavy atom. The maximum Gasteiger partial charge on any atom is 0.423 e. The average Bonchev–Trinajstić information content (AvgIpc) is 3.46. The topological polar surface area (TPSA) is 143 Å². The third-order valence-corrected chi connectivity index (χ3v) is 10.3. The first-order valence-corrected chi connectivity index (χ1v) is 15.4. The molecule has 0 aromatic heterocycles. The number of carbonyl (C=O) groups is 5. The number of nitrogens with zero attached hydrogens (tertiary/aromatic N) is 2. The van der Waals surface area contributed by atoms with Crippen molar-refractivity contribution in [2.75, 3.05) is 19.6 Å². The Bertz CT molecular complexity index is 1860. The lowest BCUT2D eigenvalue weighted by atomic mass is 9.49. The van der Waals surface area contributed by atoms with Crippen LogP contribution >= 0.6 is 0 Å². The molecule has 4 aliphatic rings. The molecule has 2 aliphatic carbocycles. The van der Waals surface area contributed by atoms with E-state index < -0.39 is 64.7 Å². The Balaban J connectivity index is 1.45. The van der Waals surface area contributed by atoms with Gasteiger partial charge < -0.3 is 14.6 Å². The van der Waals surface area contributed by atoms with Gasteiger partial charge in [0.15, 0.2) is 11.5 Å². The number of benzene rings is 3. The first kappa shape index (κ1) is 30.2. The molecule has 3 aromatic carbocycles. The molecule has 0 spiro atoms. The number of anilines is 1. The average molecular weight is 636 g/mol. The van der Waals surface area contributed by atoms with Crippen molar-refractivity contribution < 1.29 is 38.6 Å². The number of methoxy groups -OCH3 is 2. The number of hydrogen-bond acceptors (Lipinski definition) is 9. The van der Waals surface area contributed by atoms with Gasteiger partial charge in [-0.15, -0.1) is 0 Å². The van der Waals surface area contributed by atoms with Gasteiger partial charge in [0.2, 0.25) is 11.8 Å². The molecule has 11 heteroatoms. The fraction of sp³-hybridized carbons (Fsp3) is 0.306. The largest absolute Gasteiger partial charge is 0.504 e. The lowest BCUT2D eigenvalue weighted by molar-refractivity contribution is -0.140. The van der Waals surface area contributed by atoms with Crippen LogP contribution < -0.4 is 10.2 Å². The van der Waals surface area contributed by atoms with Gasteiger partial charge in [0, 0.05) is 5.92 Å². The molecule has 2 N–H and O–H groups in total. The summed E-state index contributed by atoms with van der Waals surface area (Å²) in [6.45, 7) is 1.93. The van der Waals surface area contributed by atoms with Gasteiger partial charge in [-0.1, -0.05) is 65.7 Å². The van der Waals surface area contributed by atoms with Crippen molar-refractivity contribution in [3.8, 4) is 11.5 Å². The smallest absolute Gasteiger partial charge is 0.423 e. The van der Waals surface area contributed by atoms with E-state index in [9.17, 15) is 24.3 Å². The molecule has 7 rings (SSSR count). The molecule has 3 fully saturated rings. The van der Waals surface area contributed by atoms with E-state index in [0.29, 0.717) is 27.3 Å². The van der Waals surface area contributed by atoms with Gasteiger partial charge >= 0.3 is 6.09 Å². The lowest BCUT2D eigenvalue weighted by Crippen LogP contribution is -2.53. The third-order valence-electron chi connectivity index (χ3n) is 10.3. The van der Waals surface area contributed by atoms with Gasteiger partial charge in [-0.25, -0.2) is 4.79 Å². The molecule has 11 nitrogen and oxygen atoms in total. The van der Waals surface area contributed by atoms with Gasteiger partial charge in [0.25, 0.3) is 11.8 Å². The number of hydrogen-bond donors (Lipinski definition) is 2. The molecule has 2 aliphatic heterocycles. The zero-order valence-electron chi connectivity index (χ0n) is 26.0. The highest BCUT2D eigenvalue weighted by molar-refractivity contribution is 6.16. The second kappa shape index (κ2) is 11.1. The molecular weight excluding hydrogens is 602 g/mol. The number of amides is 5. The summed E-state index contributed by atoms with van der Waals surface area (Å²) in [5.41, 5.74) is 4.94. The third kappa shape index (κ3) is 4.29. The highest BCUT2D eigenvalue weighted by Crippen LogP contribution is 2.64. The monoisotopic (exact) mass is 635 g/mol. The molecule has 2 saturated heterocycles. The summed E-state index contributed by atoms with van der Waals surface area (Å²) in [5.74, 6) is -6.44. The van der Waals surface area contributed by atoms with Crippen molar-refractivity contribution in [1.29, 1.82) is 0 Å². The number of nitrogens with one attached hydrogen (secondary N) is 1. The minimum Gasteiger partial charge on any atom is -0.504 e. The van der Waals surface area contributed by atoms with Crippen LogP contribution in [-0.2, 0) is 29.3 Å². The number of carbonyl (C=O) groups excluding carboxylic acids is 5. The Hall–Kier alpha value is -5.45. The quantitative estimate of drug-likeness (QED) is 0.307. The highest BCUT2D eigenvalue weighted by atomic mass is 16.5.